The summed E-state index contributed by atoms with van der Waals surface area (Å²) in [5.41, 5.74) is 0.772. The van der Waals surface area contributed by atoms with Crippen molar-refractivity contribution < 1.29 is 29.7 Å². The molecule has 0 aromatic carbocycles. The van der Waals surface area contributed by atoms with Gasteiger partial charge in [0.15, 0.2) is 0 Å². The van der Waals surface area contributed by atoms with E-state index in [9.17, 15) is 29.7 Å². The SMILES string of the molecule is CC=C(C(=O)[O-])C(CC(C)C)(CC(C)C)CC(C)C.CC=C(C(=O)[O-])C(CC(C)C)(CC(C)C)CC(C)C.CC=C(C(=O)[O-])C(CC(C)C)(CC(C)C)CC(C)C.[Al+3]. The van der Waals surface area contributed by atoms with Gasteiger partial charge in [0.2, 0.25) is 0 Å². The number of allylic oxidation sites excluding steroid dienone is 3. The van der Waals surface area contributed by atoms with E-state index in [0.29, 0.717) is 70.0 Å². The Kier molecular flexibility index (Phi) is 32.7. The zero-order valence-electron chi connectivity index (χ0n) is 41.8. The number of hydrogen-bond donors (Lipinski definition) is 0. The van der Waals surface area contributed by atoms with Gasteiger partial charge in [0.05, 0.1) is 17.9 Å². The van der Waals surface area contributed by atoms with Crippen LogP contribution in [0.1, 0.15) is 203 Å². The maximum atomic E-state index is 11.5. The largest absolute Gasteiger partial charge is 3.00 e. The summed E-state index contributed by atoms with van der Waals surface area (Å²) in [6, 6.07) is 0. The second-order valence-electron chi connectivity index (χ2n) is 21.2. The van der Waals surface area contributed by atoms with Gasteiger partial charge in [-0.15, -0.1) is 0 Å². The molecular weight excluding hydrogens is 736 g/mol. The predicted molar refractivity (Wildman–Crippen MR) is 244 cm³/mol. The normalized spacial score (nSPS) is 13.4. The number of carbonyl (C=O) groups excluding carboxylic acids is 3. The molecule has 0 fully saturated rings. The van der Waals surface area contributed by atoms with Gasteiger partial charge in [-0.05, 0) is 165 Å². The fourth-order valence-electron chi connectivity index (χ4n) is 10.7. The smallest absolute Gasteiger partial charge is 0.545 e. The molecule has 6 nitrogen and oxygen atoms in total. The van der Waals surface area contributed by atoms with E-state index in [2.05, 4.69) is 125 Å². The molecule has 336 valence electrons. The quantitative estimate of drug-likeness (QED) is 0.0706. The molecule has 0 bridgehead atoms. The number of aliphatic carboxylic acids is 3. The summed E-state index contributed by atoms with van der Waals surface area (Å²) in [5, 5.41) is 34.6. The van der Waals surface area contributed by atoms with E-state index in [-0.39, 0.29) is 33.6 Å². The van der Waals surface area contributed by atoms with Crippen LogP contribution in [0.15, 0.2) is 34.9 Å². The van der Waals surface area contributed by atoms with Crippen molar-refractivity contribution in [3.05, 3.63) is 34.9 Å². The van der Waals surface area contributed by atoms with Crippen molar-refractivity contribution in [3.63, 3.8) is 0 Å². The van der Waals surface area contributed by atoms with Crippen LogP contribution in [0.4, 0.5) is 0 Å². The first-order valence-electron chi connectivity index (χ1n) is 22.6. The summed E-state index contributed by atoms with van der Waals surface area (Å²) >= 11 is 0. The first kappa shape index (κ1) is 62.8. The van der Waals surface area contributed by atoms with Gasteiger partial charge in [-0.25, -0.2) is 0 Å². The van der Waals surface area contributed by atoms with Gasteiger partial charge in [0, 0.05) is 0 Å². The number of carboxylic acid groups (broad SMARTS) is 3. The number of carboxylic acids is 3. The maximum absolute atomic E-state index is 11.5. The van der Waals surface area contributed by atoms with Crippen LogP contribution in [-0.4, -0.2) is 35.3 Å². The summed E-state index contributed by atoms with van der Waals surface area (Å²) in [6.07, 6.45) is 13.5. The Morgan fingerprint density at radius 3 is 0.483 bits per heavy atom. The fraction of sp³-hybridized carbons (Fsp3) is 0.824. The van der Waals surface area contributed by atoms with Crippen molar-refractivity contribution in [1.29, 1.82) is 0 Å². The van der Waals surface area contributed by atoms with Crippen LogP contribution in [0.3, 0.4) is 0 Å². The second kappa shape index (κ2) is 30.2. The third-order valence-electron chi connectivity index (χ3n) is 10.4. The Labute approximate surface area is 371 Å². The Morgan fingerprint density at radius 1 is 0.328 bits per heavy atom. The molecule has 0 aromatic rings. The number of carbonyl (C=O) groups is 3. The average molecular weight is 829 g/mol. The summed E-state index contributed by atoms with van der Waals surface area (Å²) in [5.74, 6) is 1.32. The molecule has 0 saturated heterocycles. The van der Waals surface area contributed by atoms with Crippen LogP contribution in [0.25, 0.3) is 0 Å². The Hall–Kier alpha value is -1.84. The number of hydrogen-bond acceptors (Lipinski definition) is 6. The summed E-state index contributed by atoms with van der Waals surface area (Å²) < 4.78 is 0. The van der Waals surface area contributed by atoms with Gasteiger partial charge in [-0.1, -0.05) is 143 Å². The van der Waals surface area contributed by atoms with Gasteiger partial charge < -0.3 is 29.7 Å². The predicted octanol–water partition coefficient (Wildman–Crippen LogP) is 11.0. The van der Waals surface area contributed by atoms with Crippen LogP contribution in [0.5, 0.6) is 0 Å². The van der Waals surface area contributed by atoms with Crippen LogP contribution < -0.4 is 15.3 Å². The van der Waals surface area contributed by atoms with E-state index in [1.54, 1.807) is 18.2 Å². The molecule has 0 atom stereocenters. The monoisotopic (exact) mass is 829 g/mol. The number of rotatable bonds is 24. The van der Waals surface area contributed by atoms with Crippen molar-refractivity contribution in [2.75, 3.05) is 0 Å². The van der Waals surface area contributed by atoms with Gasteiger partial charge in [0.1, 0.15) is 0 Å². The van der Waals surface area contributed by atoms with E-state index < -0.39 is 17.9 Å². The minimum absolute atomic E-state index is 0. The third-order valence-corrected chi connectivity index (χ3v) is 10.4. The first-order chi connectivity index (χ1) is 25.9. The maximum Gasteiger partial charge on any atom is 3.00 e. The van der Waals surface area contributed by atoms with Crippen molar-refractivity contribution in [1.82, 2.24) is 0 Å². The second-order valence-corrected chi connectivity index (χ2v) is 21.2. The Morgan fingerprint density at radius 2 is 0.431 bits per heavy atom. The zero-order valence-corrected chi connectivity index (χ0v) is 43.0. The molecule has 0 unspecified atom stereocenters. The fourth-order valence-corrected chi connectivity index (χ4v) is 10.7. The van der Waals surface area contributed by atoms with E-state index in [1.165, 1.54) is 0 Å². The zero-order chi connectivity index (χ0) is 45.6. The topological polar surface area (TPSA) is 120 Å². The molecule has 0 rings (SSSR count). The third kappa shape index (κ3) is 24.4. The van der Waals surface area contributed by atoms with Crippen LogP contribution in [0.2, 0.25) is 0 Å². The van der Waals surface area contributed by atoms with E-state index >= 15 is 0 Å². The summed E-state index contributed by atoms with van der Waals surface area (Å²) in [4.78, 5) is 34.6. The molecular formula is C51H93AlO6. The van der Waals surface area contributed by atoms with Gasteiger partial charge in [-0.2, -0.15) is 0 Å². The molecule has 0 aliphatic heterocycles. The van der Waals surface area contributed by atoms with Gasteiger partial charge >= 0.3 is 17.4 Å². The minimum atomic E-state index is -0.996. The first-order valence-corrected chi connectivity index (χ1v) is 22.6. The van der Waals surface area contributed by atoms with Crippen LogP contribution in [0, 0.1) is 69.5 Å². The molecule has 0 radical (unpaired) electrons. The van der Waals surface area contributed by atoms with Crippen LogP contribution in [-0.2, 0) is 14.4 Å². The van der Waals surface area contributed by atoms with Crippen molar-refractivity contribution >= 4 is 35.3 Å². The molecule has 0 amide bonds. The van der Waals surface area contributed by atoms with Gasteiger partial charge in [-0.3, -0.25) is 0 Å². The van der Waals surface area contributed by atoms with Crippen molar-refractivity contribution in [2.24, 2.45) is 69.5 Å². The van der Waals surface area contributed by atoms with Gasteiger partial charge in [0.25, 0.3) is 0 Å². The molecule has 58 heavy (non-hydrogen) atoms. The average Bonchev–Trinajstić information content (AvgIpc) is 2.94. The van der Waals surface area contributed by atoms with Crippen molar-refractivity contribution in [3.8, 4) is 0 Å². The minimum Gasteiger partial charge on any atom is -0.545 e. The van der Waals surface area contributed by atoms with Crippen LogP contribution >= 0.6 is 0 Å². The van der Waals surface area contributed by atoms with Crippen molar-refractivity contribution in [2.45, 2.75) is 203 Å². The molecule has 0 saturated carbocycles. The van der Waals surface area contributed by atoms with E-state index in [4.69, 9.17) is 0 Å². The molecule has 0 spiro atoms. The Bertz CT molecular complexity index is 1010. The molecule has 7 heteroatoms. The molecule has 0 aromatic heterocycles. The molecule has 0 N–H and O–H groups in total. The summed E-state index contributed by atoms with van der Waals surface area (Å²) in [6.45, 7) is 44.4. The summed E-state index contributed by atoms with van der Waals surface area (Å²) in [7, 11) is 0. The van der Waals surface area contributed by atoms with E-state index in [0.717, 1.165) is 57.8 Å². The molecule has 0 aliphatic carbocycles. The van der Waals surface area contributed by atoms with E-state index in [1.807, 2.05) is 20.8 Å². The standard InChI is InChI=1S/3C17H32O2.Al/c3*1-8-15(16(18)19)17(9-12(2)3,10-13(4)5)11-14(6)7;/h3*8,12-14H,9-11H2,1-7H3,(H,18,19);/q;;;+3/p-3. The Balaban J connectivity index is -0.000000374. The molecule has 0 aliphatic rings. The molecule has 0 heterocycles.